The van der Waals surface area contributed by atoms with Crippen LogP contribution in [0.1, 0.15) is 99.3 Å². The monoisotopic (exact) mass is 490 g/mol. The van der Waals surface area contributed by atoms with Crippen LogP contribution in [0.2, 0.25) is 0 Å². The number of hydrogen-bond acceptors (Lipinski definition) is 4. The zero-order valence-electron chi connectivity index (χ0n) is 22.9. The number of aliphatic carboxylic acids is 1. The first kappa shape index (κ1) is 28.4. The second-order valence-electron chi connectivity index (χ2n) is 13.5. The lowest BCUT2D eigenvalue weighted by Gasteiger charge is -2.66. The Balaban J connectivity index is 1.89. The SMILES string of the molecule is C=C(C)[C@@H]1CC[C@]2(C)[C@H](CC[C@@H]3[C@@H]([C@@](C)(O)C/C=C/[C@@](C)(O)CO)CC[C@]32C)[C@@]1(C)CCC(=O)O. The van der Waals surface area contributed by atoms with Crippen LogP contribution < -0.4 is 0 Å². The van der Waals surface area contributed by atoms with Crippen LogP contribution >= 0.6 is 0 Å². The molecule has 0 aromatic carbocycles. The minimum absolute atomic E-state index is 0.0789. The van der Waals surface area contributed by atoms with Crippen molar-refractivity contribution in [1.82, 2.24) is 0 Å². The zero-order chi connectivity index (χ0) is 26.4. The van der Waals surface area contributed by atoms with Crippen molar-refractivity contribution in [3.8, 4) is 0 Å². The molecule has 0 aliphatic heterocycles. The molecule has 0 radical (unpaired) electrons. The molecule has 3 aliphatic rings. The van der Waals surface area contributed by atoms with Crippen LogP contribution in [0.4, 0.5) is 0 Å². The van der Waals surface area contributed by atoms with Gasteiger partial charge in [0.15, 0.2) is 0 Å². The van der Waals surface area contributed by atoms with Crippen LogP contribution in [-0.2, 0) is 4.79 Å². The number of rotatable bonds is 9. The molecule has 0 aromatic rings. The van der Waals surface area contributed by atoms with Gasteiger partial charge in [0, 0.05) is 6.42 Å². The maximum atomic E-state index is 11.6. The lowest BCUT2D eigenvalue weighted by molar-refractivity contribution is -0.178. The van der Waals surface area contributed by atoms with E-state index in [0.29, 0.717) is 30.6 Å². The molecule has 3 aliphatic carbocycles. The van der Waals surface area contributed by atoms with Crippen LogP contribution in [0.25, 0.3) is 0 Å². The van der Waals surface area contributed by atoms with E-state index < -0.39 is 17.2 Å². The van der Waals surface area contributed by atoms with E-state index >= 15 is 0 Å². The zero-order valence-corrected chi connectivity index (χ0v) is 22.9. The van der Waals surface area contributed by atoms with Crippen molar-refractivity contribution < 1.29 is 25.2 Å². The number of hydrogen-bond donors (Lipinski definition) is 4. The predicted octanol–water partition coefficient (Wildman–Crippen LogP) is 5.73. The molecule has 200 valence electrons. The Morgan fingerprint density at radius 3 is 2.26 bits per heavy atom. The topological polar surface area (TPSA) is 98.0 Å². The Hall–Kier alpha value is -1.17. The van der Waals surface area contributed by atoms with E-state index in [-0.39, 0.29) is 35.2 Å². The molecule has 5 nitrogen and oxygen atoms in total. The van der Waals surface area contributed by atoms with Crippen LogP contribution in [0.3, 0.4) is 0 Å². The molecular weight excluding hydrogens is 440 g/mol. The number of carbonyl (C=O) groups is 1. The predicted molar refractivity (Wildman–Crippen MR) is 140 cm³/mol. The average Bonchev–Trinajstić information content (AvgIpc) is 3.11. The lowest BCUT2D eigenvalue weighted by atomic mass is 9.38. The van der Waals surface area contributed by atoms with E-state index in [0.717, 1.165) is 38.5 Å². The summed E-state index contributed by atoms with van der Waals surface area (Å²) < 4.78 is 0. The number of carboxylic acid groups (broad SMARTS) is 1. The van der Waals surface area contributed by atoms with Gasteiger partial charge in [0.25, 0.3) is 0 Å². The molecule has 0 unspecified atom stereocenters. The van der Waals surface area contributed by atoms with Crippen molar-refractivity contribution in [1.29, 1.82) is 0 Å². The van der Waals surface area contributed by atoms with Gasteiger partial charge >= 0.3 is 5.97 Å². The Morgan fingerprint density at radius 1 is 1.06 bits per heavy atom. The van der Waals surface area contributed by atoms with E-state index in [1.54, 1.807) is 13.0 Å². The quantitative estimate of drug-likeness (QED) is 0.309. The Morgan fingerprint density at radius 2 is 1.69 bits per heavy atom. The maximum absolute atomic E-state index is 11.6. The summed E-state index contributed by atoms with van der Waals surface area (Å²) in [4.78, 5) is 11.6. The smallest absolute Gasteiger partial charge is 0.303 e. The first-order chi connectivity index (χ1) is 16.0. The largest absolute Gasteiger partial charge is 0.481 e. The molecule has 0 saturated heterocycles. The lowest BCUT2D eigenvalue weighted by Crippen LogP contribution is -2.60. The molecule has 5 heteroatoms. The van der Waals surface area contributed by atoms with Crippen molar-refractivity contribution >= 4 is 5.97 Å². The summed E-state index contributed by atoms with van der Waals surface area (Å²) in [5.41, 5.74) is -0.857. The van der Waals surface area contributed by atoms with Gasteiger partial charge in [-0.25, -0.2) is 0 Å². The Bertz CT molecular complexity index is 844. The highest BCUT2D eigenvalue weighted by molar-refractivity contribution is 5.66. The fourth-order valence-corrected chi connectivity index (χ4v) is 9.15. The molecule has 0 amide bonds. The number of carboxylic acids is 1. The third-order valence-corrected chi connectivity index (χ3v) is 11.3. The summed E-state index contributed by atoms with van der Waals surface area (Å²) in [6, 6.07) is 0. The van der Waals surface area contributed by atoms with Gasteiger partial charge in [-0.15, -0.1) is 0 Å². The summed E-state index contributed by atoms with van der Waals surface area (Å²) in [5.74, 6) is 0.664. The number of aliphatic hydroxyl groups excluding tert-OH is 1. The molecule has 3 saturated carbocycles. The first-order valence-corrected chi connectivity index (χ1v) is 13.6. The minimum atomic E-state index is -1.27. The maximum Gasteiger partial charge on any atom is 0.303 e. The Labute approximate surface area is 212 Å². The molecule has 35 heavy (non-hydrogen) atoms. The second kappa shape index (κ2) is 9.61. The van der Waals surface area contributed by atoms with Crippen molar-refractivity contribution in [3.63, 3.8) is 0 Å². The summed E-state index contributed by atoms with van der Waals surface area (Å²) in [6.07, 6.45) is 11.1. The summed E-state index contributed by atoms with van der Waals surface area (Å²) >= 11 is 0. The van der Waals surface area contributed by atoms with Gasteiger partial charge in [-0.05, 0) is 112 Å². The molecule has 4 N–H and O–H groups in total. The normalized spacial score (nSPS) is 42.7. The van der Waals surface area contributed by atoms with Crippen LogP contribution in [0.15, 0.2) is 24.3 Å². The minimum Gasteiger partial charge on any atom is -0.481 e. The van der Waals surface area contributed by atoms with E-state index in [1.165, 1.54) is 5.57 Å². The molecular formula is C30H50O5. The summed E-state index contributed by atoms with van der Waals surface area (Å²) in [6.45, 7) is 16.8. The highest BCUT2D eigenvalue weighted by Crippen LogP contribution is 2.74. The standard InChI is InChI=1S/C30H50O5/c1-20(2)21-11-18-29(6)24(27(21,4)16-13-25(32)33)10-9-22-23(12-17-28(22,29)5)30(7,35)15-8-14-26(3,34)19-31/h8,14,21-24,31,34-35H,1,9-13,15-19H2,2-7H3,(H,32,33)/b14-8+/t21-,22+,23-,24+,26+,27-,28+,29+,30-/m0/s1. The molecule has 0 bridgehead atoms. The third kappa shape index (κ3) is 4.90. The molecule has 3 rings (SSSR count). The fourth-order valence-electron chi connectivity index (χ4n) is 9.15. The summed E-state index contributed by atoms with van der Waals surface area (Å²) in [7, 11) is 0. The highest BCUT2D eigenvalue weighted by atomic mass is 16.4. The Kier molecular flexibility index (Phi) is 7.80. The van der Waals surface area contributed by atoms with Gasteiger partial charge in [0.1, 0.15) is 5.60 Å². The molecule has 3 fully saturated rings. The molecule has 9 atom stereocenters. The molecule has 0 aromatic heterocycles. The van der Waals surface area contributed by atoms with Crippen molar-refractivity contribution in [2.24, 2.45) is 39.9 Å². The van der Waals surface area contributed by atoms with E-state index in [2.05, 4.69) is 34.3 Å². The van der Waals surface area contributed by atoms with E-state index in [9.17, 15) is 25.2 Å². The van der Waals surface area contributed by atoms with Gasteiger partial charge in [0.05, 0.1) is 12.2 Å². The number of fused-ring (bicyclic) bond motifs is 3. The molecule has 0 heterocycles. The van der Waals surface area contributed by atoms with Crippen molar-refractivity contribution in [2.45, 2.75) is 111 Å². The second-order valence-corrected chi connectivity index (χ2v) is 13.5. The van der Waals surface area contributed by atoms with Crippen LogP contribution in [0.5, 0.6) is 0 Å². The van der Waals surface area contributed by atoms with Crippen molar-refractivity contribution in [3.05, 3.63) is 24.3 Å². The number of allylic oxidation sites excluding steroid dienone is 1. The fraction of sp³-hybridized carbons (Fsp3) is 0.833. The van der Waals surface area contributed by atoms with Crippen LogP contribution in [-0.4, -0.2) is 44.2 Å². The third-order valence-electron chi connectivity index (χ3n) is 11.3. The van der Waals surface area contributed by atoms with Gasteiger partial charge in [-0.3, -0.25) is 4.79 Å². The van der Waals surface area contributed by atoms with E-state index in [1.807, 2.05) is 13.0 Å². The highest BCUT2D eigenvalue weighted by Gasteiger charge is 2.67. The van der Waals surface area contributed by atoms with Crippen LogP contribution in [0, 0.1) is 39.9 Å². The molecule has 0 spiro atoms. The van der Waals surface area contributed by atoms with Gasteiger partial charge in [0.2, 0.25) is 0 Å². The van der Waals surface area contributed by atoms with Gasteiger partial charge in [-0.2, -0.15) is 0 Å². The van der Waals surface area contributed by atoms with Crippen molar-refractivity contribution in [2.75, 3.05) is 6.61 Å². The van der Waals surface area contributed by atoms with Gasteiger partial charge in [-0.1, -0.05) is 45.1 Å². The number of aliphatic hydroxyl groups is 3. The van der Waals surface area contributed by atoms with Gasteiger partial charge < -0.3 is 20.4 Å². The average molecular weight is 491 g/mol. The first-order valence-electron chi connectivity index (χ1n) is 13.6. The van der Waals surface area contributed by atoms with E-state index in [4.69, 9.17) is 0 Å². The summed E-state index contributed by atoms with van der Waals surface area (Å²) in [5, 5.41) is 40.6.